The van der Waals surface area contributed by atoms with Crippen LogP contribution >= 0.6 is 0 Å². The van der Waals surface area contributed by atoms with Crippen molar-refractivity contribution < 1.29 is 20.1 Å². The van der Waals surface area contributed by atoms with Gasteiger partial charge in [0.1, 0.15) is 0 Å². The fourth-order valence-electron chi connectivity index (χ4n) is 1.17. The van der Waals surface area contributed by atoms with Gasteiger partial charge < -0.3 is 15.3 Å². The van der Waals surface area contributed by atoms with E-state index < -0.39 is 12.1 Å². The number of carbonyl (C=O) groups is 1. The first-order valence-electron chi connectivity index (χ1n) is 4.24. The number of aromatic carboxylic acids is 1. The van der Waals surface area contributed by atoms with Crippen molar-refractivity contribution >= 4 is 5.97 Å². The molecule has 0 fully saturated rings. The number of carboxylic acids is 1. The quantitative estimate of drug-likeness (QED) is 0.646. The molecule has 14 heavy (non-hydrogen) atoms. The Bertz CT molecular complexity index is 322. The van der Waals surface area contributed by atoms with Gasteiger partial charge in [-0.05, 0) is 17.7 Å². The Morgan fingerprint density at radius 3 is 2.71 bits per heavy atom. The molecule has 76 valence electrons. The maximum atomic E-state index is 10.6. The normalized spacial score (nSPS) is 12.4. The Labute approximate surface area is 81.4 Å². The molecule has 4 heteroatoms. The van der Waals surface area contributed by atoms with Crippen LogP contribution in [0.4, 0.5) is 0 Å². The zero-order valence-corrected chi connectivity index (χ0v) is 7.55. The van der Waals surface area contributed by atoms with Crippen molar-refractivity contribution in [3.8, 4) is 0 Å². The molecule has 0 radical (unpaired) electrons. The fraction of sp³-hybridized carbons (Fsp3) is 0.300. The van der Waals surface area contributed by atoms with Gasteiger partial charge >= 0.3 is 5.97 Å². The zero-order chi connectivity index (χ0) is 10.6. The van der Waals surface area contributed by atoms with Crippen molar-refractivity contribution in [1.29, 1.82) is 0 Å². The van der Waals surface area contributed by atoms with E-state index in [-0.39, 0.29) is 18.6 Å². The van der Waals surface area contributed by atoms with E-state index in [1.54, 1.807) is 12.1 Å². The molecule has 1 aromatic rings. The van der Waals surface area contributed by atoms with Crippen molar-refractivity contribution in [2.45, 2.75) is 12.5 Å². The van der Waals surface area contributed by atoms with Crippen LogP contribution in [0, 0.1) is 0 Å². The number of hydrogen-bond acceptors (Lipinski definition) is 3. The summed E-state index contributed by atoms with van der Waals surface area (Å²) in [5.41, 5.74) is 0.888. The Kier molecular flexibility index (Phi) is 3.62. The number of aliphatic hydroxyl groups is 2. The van der Waals surface area contributed by atoms with Crippen LogP contribution in [0.3, 0.4) is 0 Å². The number of hydrogen-bond donors (Lipinski definition) is 3. The Balaban J connectivity index is 2.78. The first-order chi connectivity index (χ1) is 6.63. The third-order valence-corrected chi connectivity index (χ3v) is 1.86. The lowest BCUT2D eigenvalue weighted by Gasteiger charge is -2.07. The summed E-state index contributed by atoms with van der Waals surface area (Å²) >= 11 is 0. The van der Waals surface area contributed by atoms with E-state index in [1.165, 1.54) is 12.1 Å². The van der Waals surface area contributed by atoms with Crippen molar-refractivity contribution in [3.05, 3.63) is 35.4 Å². The molecule has 1 unspecified atom stereocenters. The van der Waals surface area contributed by atoms with Gasteiger partial charge in [0, 0.05) is 6.42 Å². The zero-order valence-electron chi connectivity index (χ0n) is 7.55. The monoisotopic (exact) mass is 196 g/mol. The number of benzene rings is 1. The van der Waals surface area contributed by atoms with Crippen LogP contribution in [0.1, 0.15) is 15.9 Å². The number of rotatable bonds is 4. The topological polar surface area (TPSA) is 77.8 Å². The first kappa shape index (κ1) is 10.7. The van der Waals surface area contributed by atoms with Crippen LogP contribution in [0.15, 0.2) is 24.3 Å². The maximum Gasteiger partial charge on any atom is 0.335 e. The van der Waals surface area contributed by atoms with Gasteiger partial charge in [0.15, 0.2) is 0 Å². The summed E-state index contributed by atoms with van der Waals surface area (Å²) in [7, 11) is 0. The summed E-state index contributed by atoms with van der Waals surface area (Å²) in [6, 6.07) is 6.30. The molecule has 1 atom stereocenters. The lowest BCUT2D eigenvalue weighted by molar-refractivity contribution is 0.0696. The fourth-order valence-corrected chi connectivity index (χ4v) is 1.17. The first-order valence-corrected chi connectivity index (χ1v) is 4.24. The van der Waals surface area contributed by atoms with Crippen molar-refractivity contribution in [3.63, 3.8) is 0 Å². The molecule has 0 bridgehead atoms. The molecule has 0 saturated carbocycles. The van der Waals surface area contributed by atoms with E-state index in [0.29, 0.717) is 5.56 Å². The second kappa shape index (κ2) is 4.74. The summed E-state index contributed by atoms with van der Waals surface area (Å²) in [5.74, 6) is -0.995. The summed E-state index contributed by atoms with van der Waals surface area (Å²) in [6.07, 6.45) is -0.573. The highest BCUT2D eigenvalue weighted by molar-refractivity contribution is 5.87. The Morgan fingerprint density at radius 2 is 2.14 bits per heavy atom. The maximum absolute atomic E-state index is 10.6. The van der Waals surface area contributed by atoms with Gasteiger partial charge in [0.25, 0.3) is 0 Å². The highest BCUT2D eigenvalue weighted by Crippen LogP contribution is 2.07. The van der Waals surface area contributed by atoms with Gasteiger partial charge in [-0.15, -0.1) is 0 Å². The minimum atomic E-state index is -0.995. The molecule has 0 aromatic heterocycles. The second-order valence-electron chi connectivity index (χ2n) is 3.05. The van der Waals surface area contributed by atoms with E-state index in [0.717, 1.165) is 0 Å². The lowest BCUT2D eigenvalue weighted by Crippen LogP contribution is -2.15. The van der Waals surface area contributed by atoms with E-state index in [4.69, 9.17) is 15.3 Å². The summed E-state index contributed by atoms with van der Waals surface area (Å²) in [5, 5.41) is 26.4. The number of aliphatic hydroxyl groups excluding tert-OH is 2. The van der Waals surface area contributed by atoms with E-state index in [2.05, 4.69) is 0 Å². The van der Waals surface area contributed by atoms with Crippen LogP contribution in [0.2, 0.25) is 0 Å². The molecule has 0 aliphatic rings. The predicted octanol–water partition coefficient (Wildman–Crippen LogP) is 0.280. The van der Waals surface area contributed by atoms with Crippen LogP contribution < -0.4 is 0 Å². The van der Waals surface area contributed by atoms with Gasteiger partial charge in [0.2, 0.25) is 0 Å². The smallest absolute Gasteiger partial charge is 0.335 e. The van der Waals surface area contributed by atoms with E-state index >= 15 is 0 Å². The summed E-state index contributed by atoms with van der Waals surface area (Å²) in [6.45, 7) is -0.322. The van der Waals surface area contributed by atoms with E-state index in [1.807, 2.05) is 0 Å². The van der Waals surface area contributed by atoms with Gasteiger partial charge in [-0.2, -0.15) is 0 Å². The molecule has 1 aromatic carbocycles. The minimum absolute atomic E-state index is 0.188. The molecule has 0 amide bonds. The van der Waals surface area contributed by atoms with Gasteiger partial charge in [-0.25, -0.2) is 4.79 Å². The van der Waals surface area contributed by atoms with Crippen molar-refractivity contribution in [2.24, 2.45) is 0 Å². The van der Waals surface area contributed by atoms with Crippen molar-refractivity contribution in [2.75, 3.05) is 6.61 Å². The lowest BCUT2D eigenvalue weighted by atomic mass is 10.1. The van der Waals surface area contributed by atoms with Crippen LogP contribution in [0.5, 0.6) is 0 Å². The number of carboxylic acid groups (broad SMARTS) is 1. The van der Waals surface area contributed by atoms with Crippen LogP contribution in [-0.2, 0) is 6.42 Å². The predicted molar refractivity (Wildman–Crippen MR) is 50.2 cm³/mol. The molecular weight excluding hydrogens is 184 g/mol. The van der Waals surface area contributed by atoms with Gasteiger partial charge in [-0.1, -0.05) is 12.1 Å². The minimum Gasteiger partial charge on any atom is -0.478 e. The largest absolute Gasteiger partial charge is 0.478 e. The average Bonchev–Trinajstić information content (AvgIpc) is 2.18. The van der Waals surface area contributed by atoms with Gasteiger partial charge in [-0.3, -0.25) is 0 Å². The highest BCUT2D eigenvalue weighted by atomic mass is 16.4. The third kappa shape index (κ3) is 2.83. The van der Waals surface area contributed by atoms with Crippen LogP contribution in [-0.4, -0.2) is 34.0 Å². The SMILES string of the molecule is O=C(O)c1cccc(CC(O)CO)c1. The Morgan fingerprint density at radius 1 is 1.43 bits per heavy atom. The molecule has 0 spiro atoms. The summed E-state index contributed by atoms with van der Waals surface area (Å²) < 4.78 is 0. The molecule has 4 nitrogen and oxygen atoms in total. The van der Waals surface area contributed by atoms with Crippen molar-refractivity contribution in [1.82, 2.24) is 0 Å². The highest BCUT2D eigenvalue weighted by Gasteiger charge is 2.06. The molecule has 0 saturated heterocycles. The standard InChI is InChI=1S/C10H12O4/c11-6-9(12)5-7-2-1-3-8(4-7)10(13)14/h1-4,9,11-12H,5-6H2,(H,13,14). The summed E-state index contributed by atoms with van der Waals surface area (Å²) in [4.78, 5) is 10.6. The van der Waals surface area contributed by atoms with Crippen LogP contribution in [0.25, 0.3) is 0 Å². The molecule has 0 aliphatic heterocycles. The molecule has 0 aliphatic carbocycles. The molecule has 3 N–H and O–H groups in total. The third-order valence-electron chi connectivity index (χ3n) is 1.86. The Hall–Kier alpha value is -1.39. The average molecular weight is 196 g/mol. The van der Waals surface area contributed by atoms with Gasteiger partial charge in [0.05, 0.1) is 18.3 Å². The molecule has 1 rings (SSSR count). The molecule has 0 heterocycles. The second-order valence-corrected chi connectivity index (χ2v) is 3.05. The van der Waals surface area contributed by atoms with E-state index in [9.17, 15) is 4.79 Å². The molecular formula is C10H12O4.